The molecule has 1 aromatic heterocycles. The maximum Gasteiger partial charge on any atom is 0.264 e. The molecule has 2 aromatic rings. The molecule has 0 aliphatic carbocycles. The molecule has 0 radical (unpaired) electrons. The van der Waals surface area contributed by atoms with Crippen molar-refractivity contribution in [3.05, 3.63) is 42.7 Å². The molecule has 9 heteroatoms. The Hall–Kier alpha value is -2.52. The SMILES string of the molecule is O=C(Nc1ccc(S(=O)(=O)Nc2ncccn2)cc1)C1CCOC1. The molecule has 2 heterocycles. The van der Waals surface area contributed by atoms with E-state index in [-0.39, 0.29) is 22.7 Å². The van der Waals surface area contributed by atoms with E-state index in [4.69, 9.17) is 4.74 Å². The van der Waals surface area contributed by atoms with E-state index >= 15 is 0 Å². The van der Waals surface area contributed by atoms with Crippen molar-refractivity contribution in [3.8, 4) is 0 Å². The molecule has 24 heavy (non-hydrogen) atoms. The fraction of sp³-hybridized carbons (Fsp3) is 0.267. The summed E-state index contributed by atoms with van der Waals surface area (Å²) in [6.45, 7) is 1.00. The predicted molar refractivity (Wildman–Crippen MR) is 86.8 cm³/mol. The van der Waals surface area contributed by atoms with Crippen molar-refractivity contribution < 1.29 is 17.9 Å². The van der Waals surface area contributed by atoms with Gasteiger partial charge >= 0.3 is 0 Å². The van der Waals surface area contributed by atoms with Gasteiger partial charge < -0.3 is 10.1 Å². The standard InChI is InChI=1S/C15H16N4O4S/c20-14(11-6-9-23-10-11)18-12-2-4-13(5-3-12)24(21,22)19-15-16-7-1-8-17-15/h1-5,7-8,11H,6,9-10H2,(H,18,20)(H,16,17,19). The van der Waals surface area contributed by atoms with Gasteiger partial charge in [-0.3, -0.25) is 4.79 Å². The van der Waals surface area contributed by atoms with E-state index in [1.807, 2.05) is 0 Å². The Balaban J connectivity index is 1.68. The molecular weight excluding hydrogens is 332 g/mol. The van der Waals surface area contributed by atoms with Crippen molar-refractivity contribution in [1.29, 1.82) is 0 Å². The van der Waals surface area contributed by atoms with Crippen molar-refractivity contribution in [3.63, 3.8) is 0 Å². The van der Waals surface area contributed by atoms with Gasteiger partial charge in [-0.2, -0.15) is 0 Å². The Kier molecular flexibility index (Phi) is 4.72. The number of hydrogen-bond donors (Lipinski definition) is 2. The highest BCUT2D eigenvalue weighted by Crippen LogP contribution is 2.19. The molecule has 0 saturated carbocycles. The highest BCUT2D eigenvalue weighted by molar-refractivity contribution is 7.92. The molecule has 1 unspecified atom stereocenters. The zero-order valence-electron chi connectivity index (χ0n) is 12.7. The highest BCUT2D eigenvalue weighted by atomic mass is 32.2. The summed E-state index contributed by atoms with van der Waals surface area (Å²) in [6, 6.07) is 7.48. The average Bonchev–Trinajstić information content (AvgIpc) is 3.10. The molecule has 1 amide bonds. The Morgan fingerprint density at radius 1 is 1.17 bits per heavy atom. The average molecular weight is 348 g/mol. The highest BCUT2D eigenvalue weighted by Gasteiger charge is 2.23. The minimum atomic E-state index is -3.78. The molecule has 0 spiro atoms. The van der Waals surface area contributed by atoms with E-state index in [1.165, 1.54) is 36.7 Å². The van der Waals surface area contributed by atoms with Crippen molar-refractivity contribution in [1.82, 2.24) is 9.97 Å². The number of nitrogens with zero attached hydrogens (tertiary/aromatic N) is 2. The van der Waals surface area contributed by atoms with Gasteiger partial charge in [-0.25, -0.2) is 23.1 Å². The van der Waals surface area contributed by atoms with Crippen LogP contribution in [0.4, 0.5) is 11.6 Å². The smallest absolute Gasteiger partial charge is 0.264 e. The summed E-state index contributed by atoms with van der Waals surface area (Å²) >= 11 is 0. The normalized spacial score (nSPS) is 17.4. The predicted octanol–water partition coefficient (Wildman–Crippen LogP) is 1.25. The largest absolute Gasteiger partial charge is 0.381 e. The maximum absolute atomic E-state index is 12.2. The van der Waals surface area contributed by atoms with Gasteiger partial charge in [0.15, 0.2) is 0 Å². The van der Waals surface area contributed by atoms with Crippen LogP contribution in [-0.2, 0) is 19.6 Å². The third-order valence-electron chi connectivity index (χ3n) is 3.52. The fourth-order valence-electron chi connectivity index (χ4n) is 2.23. The summed E-state index contributed by atoms with van der Waals surface area (Å²) < 4.78 is 32.0. The zero-order valence-corrected chi connectivity index (χ0v) is 13.5. The molecule has 1 fully saturated rings. The molecule has 126 valence electrons. The van der Waals surface area contributed by atoms with Gasteiger partial charge in [0.25, 0.3) is 10.0 Å². The lowest BCUT2D eigenvalue weighted by molar-refractivity contribution is -0.119. The van der Waals surface area contributed by atoms with E-state index in [2.05, 4.69) is 20.0 Å². The minimum Gasteiger partial charge on any atom is -0.381 e. The lowest BCUT2D eigenvalue weighted by Gasteiger charge is -2.10. The van der Waals surface area contributed by atoms with Crippen LogP contribution >= 0.6 is 0 Å². The van der Waals surface area contributed by atoms with Crippen LogP contribution in [0.5, 0.6) is 0 Å². The van der Waals surface area contributed by atoms with Crippen LogP contribution in [0, 0.1) is 5.92 Å². The number of hydrogen-bond acceptors (Lipinski definition) is 6. The second-order valence-electron chi connectivity index (χ2n) is 5.25. The summed E-state index contributed by atoms with van der Waals surface area (Å²) in [5.41, 5.74) is 0.529. The fourth-order valence-corrected chi connectivity index (χ4v) is 3.19. The van der Waals surface area contributed by atoms with Gasteiger partial charge in [0.1, 0.15) is 0 Å². The summed E-state index contributed by atoms with van der Waals surface area (Å²) in [4.78, 5) is 19.7. The first-order valence-corrected chi connectivity index (χ1v) is 8.81. The minimum absolute atomic E-state index is 0.00360. The first kappa shape index (κ1) is 16.3. The van der Waals surface area contributed by atoms with Crippen LogP contribution in [0.3, 0.4) is 0 Å². The Labute approximate surface area is 139 Å². The molecule has 2 N–H and O–H groups in total. The van der Waals surface area contributed by atoms with Gasteiger partial charge in [0.05, 0.1) is 17.4 Å². The third-order valence-corrected chi connectivity index (χ3v) is 4.87. The Bertz CT molecular complexity index is 803. The molecule has 1 aliphatic rings. The second-order valence-corrected chi connectivity index (χ2v) is 6.93. The van der Waals surface area contributed by atoms with Gasteiger partial charge in [-0.05, 0) is 36.8 Å². The van der Waals surface area contributed by atoms with Gasteiger partial charge in [-0.1, -0.05) is 0 Å². The zero-order chi connectivity index (χ0) is 17.0. The number of sulfonamides is 1. The molecule has 0 bridgehead atoms. The van der Waals surface area contributed by atoms with Crippen molar-refractivity contribution in [2.24, 2.45) is 5.92 Å². The van der Waals surface area contributed by atoms with E-state index in [0.29, 0.717) is 25.3 Å². The van der Waals surface area contributed by atoms with E-state index in [9.17, 15) is 13.2 Å². The molecule has 1 saturated heterocycles. The van der Waals surface area contributed by atoms with Crippen LogP contribution in [0.25, 0.3) is 0 Å². The second kappa shape index (κ2) is 6.93. The Morgan fingerprint density at radius 3 is 2.50 bits per heavy atom. The van der Waals surface area contributed by atoms with Crippen molar-refractivity contribution in [2.45, 2.75) is 11.3 Å². The number of carbonyl (C=O) groups is 1. The molecule has 3 rings (SSSR count). The summed E-state index contributed by atoms with van der Waals surface area (Å²) in [5, 5.41) is 2.75. The van der Waals surface area contributed by atoms with Crippen LogP contribution in [0.2, 0.25) is 0 Å². The van der Waals surface area contributed by atoms with Gasteiger partial charge in [-0.15, -0.1) is 0 Å². The number of aromatic nitrogens is 2. The molecule has 1 atom stereocenters. The quantitative estimate of drug-likeness (QED) is 0.841. The first-order valence-electron chi connectivity index (χ1n) is 7.33. The molecule has 1 aromatic carbocycles. The number of nitrogens with one attached hydrogen (secondary N) is 2. The number of rotatable bonds is 5. The maximum atomic E-state index is 12.2. The van der Waals surface area contributed by atoms with E-state index < -0.39 is 10.0 Å². The molecular formula is C15H16N4O4S. The topological polar surface area (TPSA) is 110 Å². The lowest BCUT2D eigenvalue weighted by Crippen LogP contribution is -2.22. The van der Waals surface area contributed by atoms with Crippen LogP contribution in [-0.4, -0.2) is 37.5 Å². The van der Waals surface area contributed by atoms with E-state index in [1.54, 1.807) is 6.07 Å². The Morgan fingerprint density at radius 2 is 1.88 bits per heavy atom. The summed E-state index contributed by atoms with van der Waals surface area (Å²) in [6.07, 6.45) is 3.58. The number of ether oxygens (including phenoxy) is 1. The number of benzene rings is 1. The van der Waals surface area contributed by atoms with Crippen LogP contribution in [0.15, 0.2) is 47.6 Å². The van der Waals surface area contributed by atoms with Crippen LogP contribution < -0.4 is 10.0 Å². The van der Waals surface area contributed by atoms with Crippen molar-refractivity contribution in [2.75, 3.05) is 23.3 Å². The van der Waals surface area contributed by atoms with E-state index in [0.717, 1.165) is 0 Å². The number of carbonyl (C=O) groups excluding carboxylic acids is 1. The van der Waals surface area contributed by atoms with Crippen molar-refractivity contribution >= 4 is 27.6 Å². The number of anilines is 2. The first-order chi connectivity index (χ1) is 11.5. The third kappa shape index (κ3) is 3.87. The van der Waals surface area contributed by atoms with Gasteiger partial charge in [0.2, 0.25) is 11.9 Å². The summed E-state index contributed by atoms with van der Waals surface area (Å²) in [7, 11) is -3.78. The molecule has 8 nitrogen and oxygen atoms in total. The van der Waals surface area contributed by atoms with Crippen LogP contribution in [0.1, 0.15) is 6.42 Å². The lowest BCUT2D eigenvalue weighted by atomic mass is 10.1. The van der Waals surface area contributed by atoms with Gasteiger partial charge in [0, 0.05) is 24.7 Å². The monoisotopic (exact) mass is 348 g/mol. The summed E-state index contributed by atoms with van der Waals surface area (Å²) in [5.74, 6) is -0.291. The number of amides is 1. The molecule has 1 aliphatic heterocycles.